The zero-order chi connectivity index (χ0) is 17.3. The SMILES string of the molecule is Cc1nc(C(C)C)c(Sc2cc(Cl)cc(Cl)c2)n1-c1ccncc1. The van der Waals surface area contributed by atoms with Gasteiger partial charge in [0.05, 0.1) is 11.4 Å². The van der Waals surface area contributed by atoms with Crippen molar-refractivity contribution in [3.8, 4) is 5.69 Å². The average molecular weight is 378 g/mol. The summed E-state index contributed by atoms with van der Waals surface area (Å²) in [7, 11) is 0. The molecule has 0 N–H and O–H groups in total. The highest BCUT2D eigenvalue weighted by atomic mass is 35.5. The first-order valence-corrected chi connectivity index (χ1v) is 9.16. The molecule has 0 aliphatic rings. The normalized spacial score (nSPS) is 11.2. The number of aryl methyl sites for hydroxylation is 1. The maximum Gasteiger partial charge on any atom is 0.111 e. The fraction of sp³-hybridized carbons (Fsp3) is 0.222. The maximum absolute atomic E-state index is 6.15. The predicted octanol–water partition coefficient (Wildman–Crippen LogP) is 6.16. The Morgan fingerprint density at radius 2 is 1.67 bits per heavy atom. The number of rotatable bonds is 4. The highest BCUT2D eigenvalue weighted by Gasteiger charge is 2.20. The lowest BCUT2D eigenvalue weighted by Gasteiger charge is -2.12. The minimum atomic E-state index is 0.309. The van der Waals surface area contributed by atoms with Gasteiger partial charge in [0.1, 0.15) is 10.9 Å². The van der Waals surface area contributed by atoms with E-state index in [1.165, 1.54) is 0 Å². The van der Waals surface area contributed by atoms with Crippen molar-refractivity contribution < 1.29 is 0 Å². The van der Waals surface area contributed by atoms with Crippen molar-refractivity contribution >= 4 is 35.0 Å². The Kier molecular flexibility index (Phi) is 5.18. The average Bonchev–Trinajstić information content (AvgIpc) is 2.84. The quantitative estimate of drug-likeness (QED) is 0.545. The molecule has 3 aromatic rings. The Labute approximate surface area is 156 Å². The first kappa shape index (κ1) is 17.3. The van der Waals surface area contributed by atoms with E-state index in [2.05, 4.69) is 23.4 Å². The summed E-state index contributed by atoms with van der Waals surface area (Å²) in [5.74, 6) is 1.25. The molecule has 124 valence electrons. The summed E-state index contributed by atoms with van der Waals surface area (Å²) in [6.07, 6.45) is 3.57. The van der Waals surface area contributed by atoms with E-state index in [0.717, 1.165) is 27.1 Å². The van der Waals surface area contributed by atoms with Crippen LogP contribution in [0, 0.1) is 6.92 Å². The van der Waals surface area contributed by atoms with Gasteiger partial charge in [-0.05, 0) is 43.2 Å². The van der Waals surface area contributed by atoms with Gasteiger partial charge in [-0.3, -0.25) is 9.55 Å². The van der Waals surface area contributed by atoms with Crippen LogP contribution in [-0.4, -0.2) is 14.5 Å². The molecule has 0 unspecified atom stereocenters. The monoisotopic (exact) mass is 377 g/mol. The number of benzene rings is 1. The third-order valence-corrected chi connectivity index (χ3v) is 5.04. The number of aromatic nitrogens is 3. The van der Waals surface area contributed by atoms with E-state index in [9.17, 15) is 0 Å². The molecule has 24 heavy (non-hydrogen) atoms. The summed E-state index contributed by atoms with van der Waals surface area (Å²) in [5, 5.41) is 2.33. The van der Waals surface area contributed by atoms with Gasteiger partial charge in [-0.1, -0.05) is 48.8 Å². The van der Waals surface area contributed by atoms with Crippen LogP contribution >= 0.6 is 35.0 Å². The molecule has 6 heteroatoms. The van der Waals surface area contributed by atoms with E-state index >= 15 is 0 Å². The number of halogens is 2. The Bertz CT molecular complexity index is 840. The van der Waals surface area contributed by atoms with Gasteiger partial charge in [-0.2, -0.15) is 0 Å². The highest BCUT2D eigenvalue weighted by Crippen LogP contribution is 2.38. The summed E-state index contributed by atoms with van der Waals surface area (Å²) >= 11 is 13.9. The predicted molar refractivity (Wildman–Crippen MR) is 101 cm³/mol. The van der Waals surface area contributed by atoms with E-state index in [0.29, 0.717) is 16.0 Å². The molecule has 3 rings (SSSR count). The van der Waals surface area contributed by atoms with Crippen LogP contribution < -0.4 is 0 Å². The molecule has 0 aliphatic heterocycles. The van der Waals surface area contributed by atoms with E-state index in [-0.39, 0.29) is 0 Å². The van der Waals surface area contributed by atoms with Crippen LogP contribution in [-0.2, 0) is 0 Å². The van der Waals surface area contributed by atoms with Crippen molar-refractivity contribution in [2.45, 2.75) is 36.6 Å². The summed E-state index contributed by atoms with van der Waals surface area (Å²) in [4.78, 5) is 9.88. The van der Waals surface area contributed by atoms with Gasteiger partial charge >= 0.3 is 0 Å². The molecule has 1 aromatic carbocycles. The molecule has 0 aliphatic carbocycles. The van der Waals surface area contributed by atoms with E-state index in [1.54, 1.807) is 30.2 Å². The molecule has 2 aromatic heterocycles. The molecular weight excluding hydrogens is 361 g/mol. The summed E-state index contributed by atoms with van der Waals surface area (Å²) in [6.45, 7) is 6.31. The van der Waals surface area contributed by atoms with Crippen LogP contribution in [0.1, 0.15) is 31.3 Å². The van der Waals surface area contributed by atoms with Crippen LogP contribution in [0.3, 0.4) is 0 Å². The molecule has 3 nitrogen and oxygen atoms in total. The van der Waals surface area contributed by atoms with Gasteiger partial charge in [0.15, 0.2) is 0 Å². The minimum absolute atomic E-state index is 0.309. The van der Waals surface area contributed by atoms with Crippen LogP contribution in [0.5, 0.6) is 0 Å². The fourth-order valence-corrected chi connectivity index (χ4v) is 4.47. The van der Waals surface area contributed by atoms with Crippen molar-refractivity contribution in [1.29, 1.82) is 0 Å². The molecule has 0 amide bonds. The van der Waals surface area contributed by atoms with E-state index in [1.807, 2.05) is 31.2 Å². The Balaban J connectivity index is 2.14. The summed E-state index contributed by atoms with van der Waals surface area (Å²) < 4.78 is 2.15. The van der Waals surface area contributed by atoms with Gasteiger partial charge in [-0.15, -0.1) is 0 Å². The van der Waals surface area contributed by atoms with Gasteiger partial charge in [0, 0.05) is 27.3 Å². The van der Waals surface area contributed by atoms with Gasteiger partial charge < -0.3 is 0 Å². The second-order valence-electron chi connectivity index (χ2n) is 5.75. The summed E-state index contributed by atoms with van der Waals surface area (Å²) in [5.41, 5.74) is 2.10. The lowest BCUT2D eigenvalue weighted by Crippen LogP contribution is -1.99. The molecule has 0 bridgehead atoms. The molecule has 0 atom stereocenters. The van der Waals surface area contributed by atoms with Crippen LogP contribution in [0.25, 0.3) is 5.69 Å². The Morgan fingerprint density at radius 1 is 1.04 bits per heavy atom. The highest BCUT2D eigenvalue weighted by molar-refractivity contribution is 7.99. The standard InChI is InChI=1S/C18H17Cl2N3S/c1-11(2)17-18(24-16-9-13(19)8-14(20)10-16)23(12(3)22-17)15-4-6-21-7-5-15/h4-11H,1-3H3. The molecule has 0 fully saturated rings. The maximum atomic E-state index is 6.15. The lowest BCUT2D eigenvalue weighted by atomic mass is 10.1. The first-order valence-electron chi connectivity index (χ1n) is 7.59. The lowest BCUT2D eigenvalue weighted by molar-refractivity contribution is 0.793. The Morgan fingerprint density at radius 3 is 2.25 bits per heavy atom. The third-order valence-electron chi connectivity index (χ3n) is 3.55. The van der Waals surface area contributed by atoms with Crippen molar-refractivity contribution in [2.24, 2.45) is 0 Å². The van der Waals surface area contributed by atoms with Crippen molar-refractivity contribution in [2.75, 3.05) is 0 Å². The second kappa shape index (κ2) is 7.18. The van der Waals surface area contributed by atoms with Gasteiger partial charge in [0.25, 0.3) is 0 Å². The van der Waals surface area contributed by atoms with Crippen molar-refractivity contribution in [3.63, 3.8) is 0 Å². The number of nitrogens with zero attached hydrogens (tertiary/aromatic N) is 3. The van der Waals surface area contributed by atoms with Crippen LogP contribution in [0.15, 0.2) is 52.6 Å². The number of hydrogen-bond acceptors (Lipinski definition) is 3. The van der Waals surface area contributed by atoms with Crippen LogP contribution in [0.4, 0.5) is 0 Å². The minimum Gasteiger partial charge on any atom is -0.291 e. The molecule has 0 spiro atoms. The fourth-order valence-electron chi connectivity index (χ4n) is 2.50. The number of hydrogen-bond donors (Lipinski definition) is 0. The van der Waals surface area contributed by atoms with Crippen molar-refractivity contribution in [1.82, 2.24) is 14.5 Å². The largest absolute Gasteiger partial charge is 0.291 e. The van der Waals surface area contributed by atoms with Gasteiger partial charge in [0.2, 0.25) is 0 Å². The van der Waals surface area contributed by atoms with E-state index < -0.39 is 0 Å². The topological polar surface area (TPSA) is 30.7 Å². The smallest absolute Gasteiger partial charge is 0.111 e. The van der Waals surface area contributed by atoms with E-state index in [4.69, 9.17) is 28.2 Å². The Hall–Kier alpha value is -1.49. The summed E-state index contributed by atoms with van der Waals surface area (Å²) in [6, 6.07) is 9.53. The first-order chi connectivity index (χ1) is 11.5. The second-order valence-corrected chi connectivity index (χ2v) is 7.69. The zero-order valence-electron chi connectivity index (χ0n) is 13.6. The molecule has 0 saturated heterocycles. The molecular formula is C18H17Cl2N3S. The molecule has 0 radical (unpaired) electrons. The zero-order valence-corrected chi connectivity index (χ0v) is 16.0. The van der Waals surface area contributed by atoms with Crippen LogP contribution in [0.2, 0.25) is 10.0 Å². The number of pyridine rings is 1. The molecule has 0 saturated carbocycles. The molecule has 2 heterocycles. The van der Waals surface area contributed by atoms with Crippen molar-refractivity contribution in [3.05, 3.63) is 64.3 Å². The van der Waals surface area contributed by atoms with Gasteiger partial charge in [-0.25, -0.2) is 4.98 Å². The number of imidazole rings is 1. The third kappa shape index (κ3) is 3.61.